The SMILES string of the molecule is COC1(Cc2ccc(Cl)cc2)CCNC1. The van der Waals surface area contributed by atoms with Crippen LogP contribution in [-0.2, 0) is 11.2 Å². The van der Waals surface area contributed by atoms with Crippen LogP contribution in [0.3, 0.4) is 0 Å². The molecule has 0 aromatic heterocycles. The van der Waals surface area contributed by atoms with Crippen LogP contribution in [0, 0.1) is 0 Å². The van der Waals surface area contributed by atoms with Gasteiger partial charge < -0.3 is 10.1 Å². The Morgan fingerprint density at radius 3 is 2.67 bits per heavy atom. The second kappa shape index (κ2) is 4.52. The fourth-order valence-electron chi connectivity index (χ4n) is 2.09. The summed E-state index contributed by atoms with van der Waals surface area (Å²) in [6, 6.07) is 8.01. The van der Waals surface area contributed by atoms with Crippen molar-refractivity contribution in [1.29, 1.82) is 0 Å². The number of nitrogens with one attached hydrogen (secondary N) is 1. The van der Waals surface area contributed by atoms with E-state index < -0.39 is 0 Å². The number of hydrogen-bond donors (Lipinski definition) is 1. The van der Waals surface area contributed by atoms with Crippen molar-refractivity contribution >= 4 is 11.6 Å². The molecule has 0 spiro atoms. The van der Waals surface area contributed by atoms with Crippen LogP contribution in [0.4, 0.5) is 0 Å². The highest BCUT2D eigenvalue weighted by atomic mass is 35.5. The fourth-order valence-corrected chi connectivity index (χ4v) is 2.22. The molecule has 0 bridgehead atoms. The van der Waals surface area contributed by atoms with Crippen LogP contribution < -0.4 is 5.32 Å². The van der Waals surface area contributed by atoms with Crippen molar-refractivity contribution in [3.63, 3.8) is 0 Å². The lowest BCUT2D eigenvalue weighted by atomic mass is 9.93. The molecule has 0 saturated carbocycles. The average molecular weight is 226 g/mol. The minimum atomic E-state index is -0.0200. The molecule has 15 heavy (non-hydrogen) atoms. The van der Waals surface area contributed by atoms with Gasteiger partial charge in [-0.1, -0.05) is 23.7 Å². The van der Waals surface area contributed by atoms with Gasteiger partial charge in [0, 0.05) is 25.1 Å². The zero-order chi connectivity index (χ0) is 10.7. The molecule has 1 fully saturated rings. The summed E-state index contributed by atoms with van der Waals surface area (Å²) in [6.45, 7) is 1.98. The van der Waals surface area contributed by atoms with E-state index in [0.717, 1.165) is 31.0 Å². The van der Waals surface area contributed by atoms with E-state index in [9.17, 15) is 0 Å². The molecule has 1 saturated heterocycles. The molecule has 1 aromatic rings. The number of hydrogen-bond acceptors (Lipinski definition) is 2. The normalized spacial score (nSPS) is 25.7. The highest BCUT2D eigenvalue weighted by Crippen LogP contribution is 2.24. The molecule has 1 unspecified atom stereocenters. The van der Waals surface area contributed by atoms with Crippen molar-refractivity contribution in [2.45, 2.75) is 18.4 Å². The summed E-state index contributed by atoms with van der Waals surface area (Å²) in [5.41, 5.74) is 1.26. The summed E-state index contributed by atoms with van der Waals surface area (Å²) in [5, 5.41) is 4.13. The third kappa shape index (κ3) is 2.51. The lowest BCUT2D eigenvalue weighted by Gasteiger charge is -2.26. The standard InChI is InChI=1S/C12H16ClNO/c1-15-12(6-7-14-9-12)8-10-2-4-11(13)5-3-10/h2-5,14H,6-9H2,1H3. The smallest absolute Gasteiger partial charge is 0.0854 e. The van der Waals surface area contributed by atoms with Crippen LogP contribution in [0.15, 0.2) is 24.3 Å². The Labute approximate surface area is 95.6 Å². The fraction of sp³-hybridized carbons (Fsp3) is 0.500. The van der Waals surface area contributed by atoms with Gasteiger partial charge in [-0.2, -0.15) is 0 Å². The summed E-state index contributed by atoms with van der Waals surface area (Å²) in [6.07, 6.45) is 2.03. The van der Waals surface area contributed by atoms with Crippen LogP contribution >= 0.6 is 11.6 Å². The van der Waals surface area contributed by atoms with Crippen molar-refractivity contribution in [3.8, 4) is 0 Å². The molecule has 3 heteroatoms. The molecule has 82 valence electrons. The predicted octanol–water partition coefficient (Wildman–Crippen LogP) is 2.26. The van der Waals surface area contributed by atoms with Gasteiger partial charge in [-0.3, -0.25) is 0 Å². The maximum Gasteiger partial charge on any atom is 0.0854 e. The summed E-state index contributed by atoms with van der Waals surface area (Å²) in [5.74, 6) is 0. The van der Waals surface area contributed by atoms with E-state index in [0.29, 0.717) is 0 Å². The average Bonchev–Trinajstić information content (AvgIpc) is 2.71. The van der Waals surface area contributed by atoms with Crippen LogP contribution in [0.2, 0.25) is 5.02 Å². The van der Waals surface area contributed by atoms with Gasteiger partial charge >= 0.3 is 0 Å². The molecular weight excluding hydrogens is 210 g/mol. The van der Waals surface area contributed by atoms with Crippen LogP contribution in [0.1, 0.15) is 12.0 Å². The minimum absolute atomic E-state index is 0.0200. The van der Waals surface area contributed by atoms with Crippen molar-refractivity contribution in [2.24, 2.45) is 0 Å². The van der Waals surface area contributed by atoms with Gasteiger partial charge in [0.1, 0.15) is 0 Å². The van der Waals surface area contributed by atoms with E-state index in [4.69, 9.17) is 16.3 Å². The predicted molar refractivity (Wildman–Crippen MR) is 62.4 cm³/mol. The number of ether oxygens (including phenoxy) is 1. The van der Waals surface area contributed by atoms with Gasteiger partial charge in [0.05, 0.1) is 5.60 Å². The second-order valence-electron chi connectivity index (χ2n) is 4.12. The molecule has 1 atom stereocenters. The Balaban J connectivity index is 2.09. The van der Waals surface area contributed by atoms with E-state index in [-0.39, 0.29) is 5.60 Å². The largest absolute Gasteiger partial charge is 0.377 e. The van der Waals surface area contributed by atoms with Crippen LogP contribution in [0.5, 0.6) is 0 Å². The summed E-state index contributed by atoms with van der Waals surface area (Å²) in [4.78, 5) is 0. The zero-order valence-corrected chi connectivity index (χ0v) is 9.68. The first-order valence-corrected chi connectivity index (χ1v) is 5.62. The van der Waals surface area contributed by atoms with Gasteiger partial charge in [0.15, 0.2) is 0 Å². The van der Waals surface area contributed by atoms with E-state index in [1.165, 1.54) is 5.56 Å². The first kappa shape index (κ1) is 10.9. The number of benzene rings is 1. The topological polar surface area (TPSA) is 21.3 Å². The summed E-state index contributed by atoms with van der Waals surface area (Å²) >= 11 is 5.85. The Kier molecular flexibility index (Phi) is 3.29. The molecule has 0 aliphatic carbocycles. The molecule has 0 radical (unpaired) electrons. The van der Waals surface area contributed by atoms with Crippen molar-refractivity contribution in [2.75, 3.05) is 20.2 Å². The monoisotopic (exact) mass is 225 g/mol. The van der Waals surface area contributed by atoms with E-state index in [1.54, 1.807) is 7.11 Å². The summed E-state index contributed by atoms with van der Waals surface area (Å²) in [7, 11) is 1.79. The number of halogens is 1. The van der Waals surface area contributed by atoms with Crippen molar-refractivity contribution < 1.29 is 4.74 Å². The van der Waals surface area contributed by atoms with Gasteiger partial charge in [-0.25, -0.2) is 0 Å². The maximum absolute atomic E-state index is 5.85. The number of rotatable bonds is 3. The Hall–Kier alpha value is -0.570. The quantitative estimate of drug-likeness (QED) is 0.852. The number of methoxy groups -OCH3 is 1. The molecule has 0 amide bonds. The van der Waals surface area contributed by atoms with E-state index in [1.807, 2.05) is 12.1 Å². The first-order chi connectivity index (χ1) is 7.24. The van der Waals surface area contributed by atoms with Crippen LogP contribution in [0.25, 0.3) is 0 Å². The maximum atomic E-state index is 5.85. The molecule has 1 aliphatic heterocycles. The molecule has 1 aromatic carbocycles. The molecular formula is C12H16ClNO. The van der Waals surface area contributed by atoms with Gasteiger partial charge in [0.2, 0.25) is 0 Å². The molecule has 1 heterocycles. The molecule has 2 rings (SSSR count). The first-order valence-electron chi connectivity index (χ1n) is 5.24. The third-order valence-corrected chi connectivity index (χ3v) is 3.33. The Morgan fingerprint density at radius 2 is 2.13 bits per heavy atom. The Bertz CT molecular complexity index is 317. The molecule has 2 nitrogen and oxygen atoms in total. The summed E-state index contributed by atoms with van der Waals surface area (Å²) < 4.78 is 5.64. The molecule has 1 aliphatic rings. The van der Waals surface area contributed by atoms with Crippen molar-refractivity contribution in [1.82, 2.24) is 5.32 Å². The zero-order valence-electron chi connectivity index (χ0n) is 8.92. The minimum Gasteiger partial charge on any atom is -0.377 e. The second-order valence-corrected chi connectivity index (χ2v) is 4.55. The van der Waals surface area contributed by atoms with Crippen LogP contribution in [-0.4, -0.2) is 25.8 Å². The van der Waals surface area contributed by atoms with Crippen molar-refractivity contribution in [3.05, 3.63) is 34.9 Å². The Morgan fingerprint density at radius 1 is 1.40 bits per heavy atom. The lowest BCUT2D eigenvalue weighted by Crippen LogP contribution is -2.36. The van der Waals surface area contributed by atoms with Gasteiger partial charge in [0.25, 0.3) is 0 Å². The van der Waals surface area contributed by atoms with E-state index >= 15 is 0 Å². The highest BCUT2D eigenvalue weighted by molar-refractivity contribution is 6.30. The van der Waals surface area contributed by atoms with Gasteiger partial charge in [-0.05, 0) is 30.7 Å². The highest BCUT2D eigenvalue weighted by Gasteiger charge is 2.33. The van der Waals surface area contributed by atoms with E-state index in [2.05, 4.69) is 17.4 Å². The van der Waals surface area contributed by atoms with Gasteiger partial charge in [-0.15, -0.1) is 0 Å². The third-order valence-electron chi connectivity index (χ3n) is 3.08. The lowest BCUT2D eigenvalue weighted by molar-refractivity contribution is 0.00776. The molecule has 1 N–H and O–H groups in total.